The van der Waals surface area contributed by atoms with Crippen LogP contribution >= 0.6 is 0 Å². The zero-order chi connectivity index (χ0) is 12.3. The van der Waals surface area contributed by atoms with Crippen molar-refractivity contribution in [2.45, 2.75) is 51.3 Å². The lowest BCUT2D eigenvalue weighted by Gasteiger charge is -2.26. The first kappa shape index (κ1) is 13.3. The normalized spacial score (nSPS) is 27.4. The second-order valence-electron chi connectivity index (χ2n) is 5.37. The highest BCUT2D eigenvalue weighted by molar-refractivity contribution is 5.68. The maximum atomic E-state index is 11.8. The van der Waals surface area contributed by atoms with Crippen LogP contribution in [0.4, 0.5) is 4.79 Å². The van der Waals surface area contributed by atoms with Gasteiger partial charge in [-0.2, -0.15) is 0 Å². The Morgan fingerprint density at radius 1 is 1.19 bits per heavy atom. The van der Waals surface area contributed by atoms with Crippen LogP contribution in [-0.4, -0.2) is 41.8 Å². The largest absolute Gasteiger partial charge is 0.444 e. The van der Waals surface area contributed by atoms with Gasteiger partial charge in [-0.3, -0.25) is 0 Å². The van der Waals surface area contributed by atoms with Gasteiger partial charge in [0.2, 0.25) is 0 Å². The molecule has 16 heavy (non-hydrogen) atoms. The molecule has 0 saturated carbocycles. The third-order valence-electron chi connectivity index (χ3n) is 2.67. The highest BCUT2D eigenvalue weighted by Crippen LogP contribution is 2.14. The van der Waals surface area contributed by atoms with Crippen molar-refractivity contribution < 1.29 is 9.53 Å². The molecule has 0 aromatic heterocycles. The van der Waals surface area contributed by atoms with Gasteiger partial charge in [-0.05, 0) is 33.6 Å². The first-order valence-corrected chi connectivity index (χ1v) is 5.78. The molecule has 1 aliphatic heterocycles. The number of amides is 1. The van der Waals surface area contributed by atoms with E-state index in [1.54, 1.807) is 4.90 Å². The zero-order valence-corrected chi connectivity index (χ0v) is 10.4. The zero-order valence-electron chi connectivity index (χ0n) is 10.4. The van der Waals surface area contributed by atoms with Crippen LogP contribution in [0.5, 0.6) is 0 Å². The summed E-state index contributed by atoms with van der Waals surface area (Å²) in [5.74, 6) is 0. The van der Waals surface area contributed by atoms with Gasteiger partial charge < -0.3 is 21.1 Å². The van der Waals surface area contributed by atoms with Gasteiger partial charge in [0, 0.05) is 25.2 Å². The maximum absolute atomic E-state index is 11.8. The van der Waals surface area contributed by atoms with Crippen molar-refractivity contribution in [2.24, 2.45) is 11.5 Å². The summed E-state index contributed by atoms with van der Waals surface area (Å²) in [5.41, 5.74) is 11.3. The van der Waals surface area contributed by atoms with Crippen LogP contribution in [0.3, 0.4) is 0 Å². The van der Waals surface area contributed by atoms with E-state index in [0.29, 0.717) is 13.1 Å². The van der Waals surface area contributed by atoms with Crippen molar-refractivity contribution in [2.75, 3.05) is 13.1 Å². The molecule has 94 valence electrons. The fourth-order valence-electron chi connectivity index (χ4n) is 1.66. The molecule has 5 nitrogen and oxygen atoms in total. The Hall–Kier alpha value is -0.810. The first-order chi connectivity index (χ1) is 7.29. The van der Waals surface area contributed by atoms with Crippen LogP contribution < -0.4 is 11.5 Å². The van der Waals surface area contributed by atoms with Crippen LogP contribution in [0.1, 0.15) is 33.6 Å². The van der Waals surface area contributed by atoms with Crippen molar-refractivity contribution in [1.82, 2.24) is 4.90 Å². The van der Waals surface area contributed by atoms with E-state index in [2.05, 4.69) is 0 Å². The fraction of sp³-hybridized carbons (Fsp3) is 0.909. The Labute approximate surface area is 97.1 Å². The summed E-state index contributed by atoms with van der Waals surface area (Å²) >= 11 is 0. The number of ether oxygens (including phenoxy) is 1. The highest BCUT2D eigenvalue weighted by atomic mass is 16.6. The van der Waals surface area contributed by atoms with Gasteiger partial charge in [0.15, 0.2) is 0 Å². The lowest BCUT2D eigenvalue weighted by atomic mass is 10.1. The molecule has 0 aromatic carbocycles. The van der Waals surface area contributed by atoms with Gasteiger partial charge in [-0.1, -0.05) is 0 Å². The number of hydrogen-bond acceptors (Lipinski definition) is 4. The third kappa shape index (κ3) is 3.98. The Morgan fingerprint density at radius 2 is 1.62 bits per heavy atom. The van der Waals surface area contributed by atoms with Crippen molar-refractivity contribution >= 4 is 6.09 Å². The quantitative estimate of drug-likeness (QED) is 0.639. The molecule has 0 spiro atoms. The molecule has 0 radical (unpaired) electrons. The van der Waals surface area contributed by atoms with Gasteiger partial charge in [0.25, 0.3) is 0 Å². The summed E-state index contributed by atoms with van der Waals surface area (Å²) in [4.78, 5) is 13.5. The van der Waals surface area contributed by atoms with Crippen LogP contribution in [0, 0.1) is 0 Å². The summed E-state index contributed by atoms with van der Waals surface area (Å²) in [6.45, 7) is 6.84. The van der Waals surface area contributed by atoms with Crippen LogP contribution in [0.2, 0.25) is 0 Å². The van der Waals surface area contributed by atoms with Crippen LogP contribution in [-0.2, 0) is 4.74 Å². The molecule has 4 N–H and O–H groups in total. The molecule has 1 saturated heterocycles. The molecule has 1 aliphatic rings. The van der Waals surface area contributed by atoms with Crippen molar-refractivity contribution in [3.05, 3.63) is 0 Å². The SMILES string of the molecule is CC(C)(C)OC(=O)N1CC[C@@H](N)[C@@H](N)CC1. The lowest BCUT2D eigenvalue weighted by Crippen LogP contribution is -2.40. The molecule has 2 atom stereocenters. The molecule has 1 amide bonds. The Kier molecular flexibility index (Phi) is 4.15. The van der Waals surface area contributed by atoms with E-state index in [9.17, 15) is 4.79 Å². The van der Waals surface area contributed by atoms with Gasteiger partial charge in [0.1, 0.15) is 5.60 Å². The molecule has 1 heterocycles. The minimum absolute atomic E-state index is 0.0209. The molecule has 0 bridgehead atoms. The van der Waals surface area contributed by atoms with Crippen molar-refractivity contribution in [1.29, 1.82) is 0 Å². The Bertz CT molecular complexity index is 238. The molecular weight excluding hydrogens is 206 g/mol. The topological polar surface area (TPSA) is 81.6 Å². The van der Waals surface area contributed by atoms with Gasteiger partial charge >= 0.3 is 6.09 Å². The van der Waals surface area contributed by atoms with E-state index >= 15 is 0 Å². The van der Waals surface area contributed by atoms with E-state index in [4.69, 9.17) is 16.2 Å². The number of carbonyl (C=O) groups excluding carboxylic acids is 1. The third-order valence-corrected chi connectivity index (χ3v) is 2.67. The summed E-state index contributed by atoms with van der Waals surface area (Å²) in [5, 5.41) is 0. The predicted octanol–water partition coefficient (Wildman–Crippen LogP) is 0.672. The van der Waals surface area contributed by atoms with Gasteiger partial charge in [-0.25, -0.2) is 4.79 Å². The Balaban J connectivity index is 2.51. The molecule has 5 heteroatoms. The van der Waals surface area contributed by atoms with Crippen LogP contribution in [0.25, 0.3) is 0 Å². The number of likely N-dealkylation sites (tertiary alicyclic amines) is 1. The maximum Gasteiger partial charge on any atom is 0.410 e. The van der Waals surface area contributed by atoms with Crippen LogP contribution in [0.15, 0.2) is 0 Å². The smallest absolute Gasteiger partial charge is 0.410 e. The second kappa shape index (κ2) is 5.01. The van der Waals surface area contributed by atoms with E-state index in [1.807, 2.05) is 20.8 Å². The number of nitrogens with two attached hydrogens (primary N) is 2. The number of nitrogens with zero attached hydrogens (tertiary/aromatic N) is 1. The first-order valence-electron chi connectivity index (χ1n) is 5.78. The summed E-state index contributed by atoms with van der Waals surface area (Å²) in [6.07, 6.45) is 1.20. The minimum atomic E-state index is -0.451. The van der Waals surface area contributed by atoms with E-state index in [-0.39, 0.29) is 18.2 Å². The minimum Gasteiger partial charge on any atom is -0.444 e. The molecule has 0 unspecified atom stereocenters. The molecule has 0 aliphatic carbocycles. The van der Waals surface area contributed by atoms with Crippen molar-refractivity contribution in [3.8, 4) is 0 Å². The van der Waals surface area contributed by atoms with E-state index < -0.39 is 5.60 Å². The molecular formula is C11H23N3O2. The predicted molar refractivity (Wildman–Crippen MR) is 63.0 cm³/mol. The van der Waals surface area contributed by atoms with Crippen molar-refractivity contribution in [3.63, 3.8) is 0 Å². The van der Waals surface area contributed by atoms with E-state index in [0.717, 1.165) is 12.8 Å². The lowest BCUT2D eigenvalue weighted by molar-refractivity contribution is 0.0256. The highest BCUT2D eigenvalue weighted by Gasteiger charge is 2.26. The molecule has 1 rings (SSSR count). The summed E-state index contributed by atoms with van der Waals surface area (Å²) in [6, 6.07) is -0.0418. The summed E-state index contributed by atoms with van der Waals surface area (Å²) in [7, 11) is 0. The van der Waals surface area contributed by atoms with E-state index in [1.165, 1.54) is 0 Å². The Morgan fingerprint density at radius 3 is 2.00 bits per heavy atom. The monoisotopic (exact) mass is 229 g/mol. The van der Waals surface area contributed by atoms with Gasteiger partial charge in [0.05, 0.1) is 0 Å². The standard InChI is InChI=1S/C11H23N3O2/c1-11(2,3)16-10(15)14-6-4-8(12)9(13)5-7-14/h8-9H,4-7,12-13H2,1-3H3/t8-,9+. The summed E-state index contributed by atoms with van der Waals surface area (Å²) < 4.78 is 5.31. The average Bonchev–Trinajstić information content (AvgIpc) is 2.28. The second-order valence-corrected chi connectivity index (χ2v) is 5.37. The number of carbonyl (C=O) groups is 1. The average molecular weight is 229 g/mol. The van der Waals surface area contributed by atoms with Gasteiger partial charge in [-0.15, -0.1) is 0 Å². The fourth-order valence-corrected chi connectivity index (χ4v) is 1.66. The number of hydrogen-bond donors (Lipinski definition) is 2. The molecule has 0 aromatic rings. The molecule has 1 fully saturated rings. The number of rotatable bonds is 0.